The monoisotopic (exact) mass is 371 g/mol. The Kier molecular flexibility index (Phi) is 5.23. The van der Waals surface area contributed by atoms with E-state index >= 15 is 0 Å². The lowest BCUT2D eigenvalue weighted by Crippen LogP contribution is -2.25. The van der Waals surface area contributed by atoms with E-state index in [-0.39, 0.29) is 16.3 Å². The van der Waals surface area contributed by atoms with Crippen molar-refractivity contribution in [3.8, 4) is 0 Å². The second-order valence-electron chi connectivity index (χ2n) is 6.03. The zero-order valence-corrected chi connectivity index (χ0v) is 15.0. The number of hydrogen-bond acceptors (Lipinski definition) is 3. The van der Waals surface area contributed by atoms with E-state index in [1.165, 1.54) is 29.3 Å². The van der Waals surface area contributed by atoms with E-state index in [1.54, 1.807) is 0 Å². The first-order valence-corrected chi connectivity index (χ1v) is 8.62. The molecule has 1 aromatic heterocycles. The molecule has 0 aliphatic heterocycles. The summed E-state index contributed by atoms with van der Waals surface area (Å²) in [5.41, 5.74) is 2.29. The number of carbonyl (C=O) groups is 1. The van der Waals surface area contributed by atoms with Gasteiger partial charge in [-0.25, -0.2) is 0 Å². The lowest BCUT2D eigenvalue weighted by atomic mass is 10.2. The van der Waals surface area contributed by atoms with E-state index in [0.29, 0.717) is 6.54 Å². The largest absolute Gasteiger partial charge is 0.352 e. The second-order valence-corrected chi connectivity index (χ2v) is 6.43. The normalized spacial score (nSPS) is 10.8. The van der Waals surface area contributed by atoms with E-state index < -0.39 is 10.8 Å². The number of carbonyl (C=O) groups excluding carboxylic acids is 1. The van der Waals surface area contributed by atoms with Gasteiger partial charge in [-0.1, -0.05) is 29.8 Å². The van der Waals surface area contributed by atoms with Crippen molar-refractivity contribution >= 4 is 34.1 Å². The lowest BCUT2D eigenvalue weighted by Gasteiger charge is -2.10. The van der Waals surface area contributed by atoms with Gasteiger partial charge in [-0.05, 0) is 36.9 Å². The molecule has 26 heavy (non-hydrogen) atoms. The van der Waals surface area contributed by atoms with Crippen LogP contribution in [0.2, 0.25) is 5.02 Å². The van der Waals surface area contributed by atoms with Crippen molar-refractivity contribution < 1.29 is 9.72 Å². The maximum atomic E-state index is 12.3. The summed E-state index contributed by atoms with van der Waals surface area (Å²) >= 11 is 5.99. The van der Waals surface area contributed by atoms with Gasteiger partial charge in [0.25, 0.3) is 11.6 Å². The zero-order chi connectivity index (χ0) is 18.7. The molecule has 0 aliphatic carbocycles. The van der Waals surface area contributed by atoms with Crippen LogP contribution in [0.1, 0.15) is 22.5 Å². The van der Waals surface area contributed by atoms with Gasteiger partial charge in [0.15, 0.2) is 0 Å². The van der Waals surface area contributed by atoms with Gasteiger partial charge in [0.2, 0.25) is 0 Å². The van der Waals surface area contributed by atoms with Gasteiger partial charge in [0.1, 0.15) is 0 Å². The Morgan fingerprint density at radius 3 is 2.77 bits per heavy atom. The summed E-state index contributed by atoms with van der Waals surface area (Å²) in [6.45, 7) is 3.27. The van der Waals surface area contributed by atoms with Crippen molar-refractivity contribution in [2.45, 2.75) is 19.9 Å². The fourth-order valence-electron chi connectivity index (χ4n) is 2.98. The van der Waals surface area contributed by atoms with Crippen LogP contribution in [-0.2, 0) is 6.54 Å². The number of nitrogens with one attached hydrogen (secondary N) is 1. The van der Waals surface area contributed by atoms with Crippen LogP contribution in [0.25, 0.3) is 10.9 Å². The topological polar surface area (TPSA) is 77.2 Å². The quantitative estimate of drug-likeness (QED) is 0.398. The summed E-state index contributed by atoms with van der Waals surface area (Å²) < 4.78 is 2.21. The molecule has 1 amide bonds. The predicted molar refractivity (Wildman–Crippen MR) is 102 cm³/mol. The highest BCUT2D eigenvalue weighted by molar-refractivity contribution is 6.33. The Morgan fingerprint density at radius 1 is 1.23 bits per heavy atom. The number of fused-ring (bicyclic) bond motifs is 1. The SMILES string of the molecule is Cc1cc2ccccc2n1CCCNC(=O)c1cc([N+](=O)[O-])ccc1Cl. The Morgan fingerprint density at radius 2 is 2.00 bits per heavy atom. The van der Waals surface area contributed by atoms with Gasteiger partial charge in [0, 0.05) is 36.4 Å². The third-order valence-corrected chi connectivity index (χ3v) is 4.60. The summed E-state index contributed by atoms with van der Waals surface area (Å²) in [4.78, 5) is 22.6. The first kappa shape index (κ1) is 17.9. The number of aryl methyl sites for hydroxylation is 2. The number of rotatable bonds is 6. The minimum atomic E-state index is -0.549. The van der Waals surface area contributed by atoms with Crippen LogP contribution in [0.15, 0.2) is 48.5 Å². The summed E-state index contributed by atoms with van der Waals surface area (Å²) in [6.07, 6.45) is 0.734. The third kappa shape index (κ3) is 3.70. The van der Waals surface area contributed by atoms with Crippen LogP contribution in [-0.4, -0.2) is 21.9 Å². The number of aromatic nitrogens is 1. The Hall–Kier alpha value is -2.86. The Labute approximate surface area is 155 Å². The predicted octanol–water partition coefficient (Wildman–Crippen LogP) is 4.33. The average Bonchev–Trinajstić information content (AvgIpc) is 2.94. The number of amides is 1. The van der Waals surface area contributed by atoms with Gasteiger partial charge < -0.3 is 9.88 Å². The summed E-state index contributed by atoms with van der Waals surface area (Å²) in [5.74, 6) is -0.409. The van der Waals surface area contributed by atoms with Crippen LogP contribution in [0.3, 0.4) is 0 Å². The van der Waals surface area contributed by atoms with E-state index in [9.17, 15) is 14.9 Å². The van der Waals surface area contributed by atoms with Crippen LogP contribution in [0.4, 0.5) is 5.69 Å². The molecule has 1 heterocycles. The van der Waals surface area contributed by atoms with Crippen molar-refractivity contribution in [1.82, 2.24) is 9.88 Å². The van der Waals surface area contributed by atoms with Crippen LogP contribution >= 0.6 is 11.6 Å². The number of nitrogens with zero attached hydrogens (tertiary/aromatic N) is 2. The van der Waals surface area contributed by atoms with E-state index in [4.69, 9.17) is 11.6 Å². The molecule has 0 saturated heterocycles. The van der Waals surface area contributed by atoms with E-state index in [2.05, 4.69) is 35.0 Å². The number of nitro groups is 1. The average molecular weight is 372 g/mol. The smallest absolute Gasteiger partial charge is 0.270 e. The standard InChI is InChI=1S/C19H18ClN3O3/c1-13-11-14-5-2-3-6-18(14)22(13)10-4-9-21-19(24)16-12-15(23(25)26)7-8-17(16)20/h2-3,5-8,11-12H,4,9-10H2,1H3,(H,21,24). The fourth-order valence-corrected chi connectivity index (χ4v) is 3.18. The number of benzene rings is 2. The Bertz CT molecular complexity index is 981. The maximum Gasteiger partial charge on any atom is 0.270 e. The minimum absolute atomic E-state index is 0.114. The van der Waals surface area contributed by atoms with Gasteiger partial charge in [-0.15, -0.1) is 0 Å². The molecule has 0 fully saturated rings. The molecule has 1 N–H and O–H groups in total. The first-order chi connectivity index (χ1) is 12.5. The molecular formula is C19H18ClN3O3. The van der Waals surface area contributed by atoms with Crippen molar-refractivity contribution in [3.63, 3.8) is 0 Å². The van der Waals surface area contributed by atoms with Crippen molar-refractivity contribution in [1.29, 1.82) is 0 Å². The van der Waals surface area contributed by atoms with Crippen LogP contribution in [0.5, 0.6) is 0 Å². The highest BCUT2D eigenvalue weighted by Gasteiger charge is 2.15. The van der Waals surface area contributed by atoms with Gasteiger partial charge in [-0.2, -0.15) is 0 Å². The van der Waals surface area contributed by atoms with Crippen molar-refractivity contribution in [3.05, 3.63) is 74.9 Å². The van der Waals surface area contributed by atoms with Gasteiger partial charge in [-0.3, -0.25) is 14.9 Å². The van der Waals surface area contributed by atoms with Crippen LogP contribution in [0, 0.1) is 17.0 Å². The van der Waals surface area contributed by atoms with E-state index in [0.717, 1.165) is 18.5 Å². The van der Waals surface area contributed by atoms with Crippen LogP contribution < -0.4 is 5.32 Å². The molecule has 6 nitrogen and oxygen atoms in total. The molecule has 3 aromatic rings. The molecule has 2 aromatic carbocycles. The number of hydrogen-bond donors (Lipinski definition) is 1. The minimum Gasteiger partial charge on any atom is -0.352 e. The molecule has 0 saturated carbocycles. The molecule has 0 spiro atoms. The van der Waals surface area contributed by atoms with Gasteiger partial charge >= 0.3 is 0 Å². The first-order valence-electron chi connectivity index (χ1n) is 8.24. The second kappa shape index (κ2) is 7.58. The van der Waals surface area contributed by atoms with Crippen molar-refractivity contribution in [2.24, 2.45) is 0 Å². The Balaban J connectivity index is 1.61. The fraction of sp³-hybridized carbons (Fsp3) is 0.211. The molecular weight excluding hydrogens is 354 g/mol. The molecule has 134 valence electrons. The molecule has 0 unspecified atom stereocenters. The lowest BCUT2D eigenvalue weighted by molar-refractivity contribution is -0.384. The number of non-ortho nitro benzene ring substituents is 1. The molecule has 0 atom stereocenters. The summed E-state index contributed by atoms with van der Waals surface area (Å²) in [5, 5.41) is 15.0. The highest BCUT2D eigenvalue weighted by atomic mass is 35.5. The molecule has 3 rings (SSSR count). The molecule has 0 radical (unpaired) electrons. The molecule has 7 heteroatoms. The molecule has 0 bridgehead atoms. The van der Waals surface area contributed by atoms with E-state index in [1.807, 2.05) is 12.1 Å². The van der Waals surface area contributed by atoms with Crippen molar-refractivity contribution in [2.75, 3.05) is 6.54 Å². The summed E-state index contributed by atoms with van der Waals surface area (Å²) in [7, 11) is 0. The van der Waals surface area contributed by atoms with Gasteiger partial charge in [0.05, 0.1) is 15.5 Å². The summed E-state index contributed by atoms with van der Waals surface area (Å²) in [6, 6.07) is 14.1. The number of nitro benzene ring substituents is 1. The number of halogens is 1. The zero-order valence-electron chi connectivity index (χ0n) is 14.2. The highest BCUT2D eigenvalue weighted by Crippen LogP contribution is 2.22. The third-order valence-electron chi connectivity index (χ3n) is 4.27. The number of para-hydroxylation sites is 1. The molecule has 0 aliphatic rings. The maximum absolute atomic E-state index is 12.3.